The number of thiazole rings is 1. The molecule has 0 radical (unpaired) electrons. The van der Waals surface area contributed by atoms with Crippen molar-refractivity contribution in [1.29, 1.82) is 0 Å². The van der Waals surface area contributed by atoms with Crippen molar-refractivity contribution in [3.05, 3.63) is 99.4 Å². The van der Waals surface area contributed by atoms with Crippen LogP contribution in [-0.4, -0.2) is 33.8 Å². The van der Waals surface area contributed by atoms with Crippen LogP contribution < -0.4 is 14.8 Å². The van der Waals surface area contributed by atoms with Crippen LogP contribution in [0.5, 0.6) is 11.5 Å². The summed E-state index contributed by atoms with van der Waals surface area (Å²) in [5.41, 5.74) is 4.49. The molecule has 0 spiro atoms. The van der Waals surface area contributed by atoms with E-state index in [1.807, 2.05) is 58.0 Å². The van der Waals surface area contributed by atoms with E-state index in [0.717, 1.165) is 43.9 Å². The lowest BCUT2D eigenvalue weighted by atomic mass is 9.97. The van der Waals surface area contributed by atoms with E-state index < -0.39 is 6.10 Å². The maximum Gasteiger partial charge on any atom is 0.280 e. The van der Waals surface area contributed by atoms with Crippen LogP contribution >= 0.6 is 11.3 Å². The molecule has 0 aliphatic carbocycles. The second-order valence-corrected chi connectivity index (χ2v) is 10.8. The number of halogens is 1. The Labute approximate surface area is 230 Å². The minimum absolute atomic E-state index is 0.243. The van der Waals surface area contributed by atoms with Crippen LogP contribution in [0.15, 0.2) is 67.0 Å². The number of carbonyl (C=O) groups excluding carboxylic acids is 1. The van der Waals surface area contributed by atoms with Gasteiger partial charge in [-0.05, 0) is 99.0 Å². The Morgan fingerprint density at radius 3 is 2.38 bits per heavy atom. The molecule has 39 heavy (non-hydrogen) atoms. The molecule has 200 valence electrons. The van der Waals surface area contributed by atoms with Gasteiger partial charge in [0, 0.05) is 16.5 Å². The fourth-order valence-electron chi connectivity index (χ4n) is 4.75. The third kappa shape index (κ3) is 5.49. The van der Waals surface area contributed by atoms with Crippen molar-refractivity contribution in [3.63, 3.8) is 0 Å². The third-order valence-corrected chi connectivity index (χ3v) is 7.43. The molecule has 0 saturated heterocycles. The van der Waals surface area contributed by atoms with Crippen LogP contribution in [0.4, 0.5) is 4.39 Å². The van der Waals surface area contributed by atoms with Gasteiger partial charge in [0.1, 0.15) is 23.4 Å². The standard InChI is InChI=1S/C30H29FN4O3S/c1-17-12-21(13-18(2)27(17)37-5)28(20(4)34-29(36)30-32-15-19(3)39-30)38-25-10-11-26-22(14-25)16-33-35(26)24-8-6-23(31)7-9-24/h6-16,20,28H,1-5H3,(H,34,36)/t20-,28+/m0/s1. The Bertz CT molecular complexity index is 1620. The SMILES string of the molecule is COc1c(C)cc([C@H](Oc2ccc3c(cnn3-c3ccc(F)cc3)c2)[C@H](C)NC(=O)c2ncc(C)s2)cc1C. The number of aromatic nitrogens is 3. The van der Waals surface area contributed by atoms with Crippen LogP contribution in [0, 0.1) is 26.6 Å². The van der Waals surface area contributed by atoms with Gasteiger partial charge in [0.05, 0.1) is 30.6 Å². The van der Waals surface area contributed by atoms with E-state index in [1.54, 1.807) is 36.3 Å². The lowest BCUT2D eigenvalue weighted by Crippen LogP contribution is -2.39. The minimum atomic E-state index is -0.497. The summed E-state index contributed by atoms with van der Waals surface area (Å²) in [6.07, 6.45) is 2.94. The molecular weight excluding hydrogens is 515 g/mol. The summed E-state index contributed by atoms with van der Waals surface area (Å²) in [6, 6.07) is 15.6. The number of rotatable bonds is 8. The van der Waals surface area contributed by atoms with Gasteiger partial charge in [-0.3, -0.25) is 4.79 Å². The Kier molecular flexibility index (Phi) is 7.34. The van der Waals surface area contributed by atoms with E-state index in [1.165, 1.54) is 23.5 Å². The van der Waals surface area contributed by atoms with Crippen LogP contribution in [0.25, 0.3) is 16.6 Å². The summed E-state index contributed by atoms with van der Waals surface area (Å²) in [5, 5.41) is 8.84. The topological polar surface area (TPSA) is 78.3 Å². The second kappa shape index (κ2) is 10.9. The summed E-state index contributed by atoms with van der Waals surface area (Å²) >= 11 is 1.35. The maximum atomic E-state index is 13.4. The molecule has 2 atom stereocenters. The highest BCUT2D eigenvalue weighted by Gasteiger charge is 2.26. The van der Waals surface area contributed by atoms with Gasteiger partial charge in [-0.25, -0.2) is 14.1 Å². The Hall–Kier alpha value is -4.24. The summed E-state index contributed by atoms with van der Waals surface area (Å²) in [7, 11) is 1.66. The van der Waals surface area contributed by atoms with Crippen LogP contribution in [0.3, 0.4) is 0 Å². The number of fused-ring (bicyclic) bond motifs is 1. The Balaban J connectivity index is 1.47. The molecule has 3 aromatic carbocycles. The van der Waals surface area contributed by atoms with Crippen molar-refractivity contribution in [2.45, 2.75) is 39.8 Å². The molecule has 5 aromatic rings. The van der Waals surface area contributed by atoms with Gasteiger partial charge in [0.25, 0.3) is 5.91 Å². The molecule has 5 rings (SSSR count). The average Bonchev–Trinajstić information content (AvgIpc) is 3.53. The number of benzene rings is 3. The zero-order valence-corrected chi connectivity index (χ0v) is 23.2. The first-order chi connectivity index (χ1) is 18.7. The summed E-state index contributed by atoms with van der Waals surface area (Å²) in [4.78, 5) is 18.1. The molecule has 9 heteroatoms. The van der Waals surface area contributed by atoms with E-state index in [9.17, 15) is 9.18 Å². The number of amides is 1. The molecule has 7 nitrogen and oxygen atoms in total. The van der Waals surface area contributed by atoms with Gasteiger partial charge in [0.2, 0.25) is 0 Å². The van der Waals surface area contributed by atoms with Gasteiger partial charge in [-0.15, -0.1) is 11.3 Å². The Morgan fingerprint density at radius 2 is 1.74 bits per heavy atom. The van der Waals surface area contributed by atoms with Crippen molar-refractivity contribution in [1.82, 2.24) is 20.1 Å². The van der Waals surface area contributed by atoms with E-state index in [4.69, 9.17) is 9.47 Å². The van der Waals surface area contributed by atoms with Crippen molar-refractivity contribution in [2.75, 3.05) is 7.11 Å². The van der Waals surface area contributed by atoms with Crippen molar-refractivity contribution in [2.24, 2.45) is 0 Å². The summed E-state index contributed by atoms with van der Waals surface area (Å²) < 4.78 is 27.3. The smallest absolute Gasteiger partial charge is 0.280 e. The number of methoxy groups -OCH3 is 1. The lowest BCUT2D eigenvalue weighted by Gasteiger charge is -2.27. The number of aryl methyl sites for hydroxylation is 3. The van der Waals surface area contributed by atoms with Crippen molar-refractivity contribution < 1.29 is 18.7 Å². The van der Waals surface area contributed by atoms with E-state index in [2.05, 4.69) is 15.4 Å². The molecule has 2 aromatic heterocycles. The first-order valence-corrected chi connectivity index (χ1v) is 13.3. The van der Waals surface area contributed by atoms with E-state index in [-0.39, 0.29) is 17.8 Å². The largest absolute Gasteiger partial charge is 0.496 e. The Morgan fingerprint density at radius 1 is 1.03 bits per heavy atom. The fourth-order valence-corrected chi connectivity index (χ4v) is 5.42. The van der Waals surface area contributed by atoms with Crippen molar-refractivity contribution in [3.8, 4) is 17.2 Å². The zero-order chi connectivity index (χ0) is 27.7. The van der Waals surface area contributed by atoms with Gasteiger partial charge < -0.3 is 14.8 Å². The maximum absolute atomic E-state index is 13.4. The van der Waals surface area contributed by atoms with E-state index in [0.29, 0.717) is 10.8 Å². The highest BCUT2D eigenvalue weighted by molar-refractivity contribution is 7.13. The van der Waals surface area contributed by atoms with Crippen molar-refractivity contribution >= 4 is 28.1 Å². The lowest BCUT2D eigenvalue weighted by molar-refractivity contribution is 0.0881. The predicted molar refractivity (Wildman–Crippen MR) is 151 cm³/mol. The molecular formula is C30H29FN4O3S. The highest BCUT2D eigenvalue weighted by atomic mass is 32.1. The first-order valence-electron chi connectivity index (χ1n) is 12.5. The molecule has 0 aliphatic rings. The number of carbonyl (C=O) groups is 1. The monoisotopic (exact) mass is 544 g/mol. The normalized spacial score (nSPS) is 12.8. The van der Waals surface area contributed by atoms with Gasteiger partial charge in [-0.2, -0.15) is 5.10 Å². The first kappa shape index (κ1) is 26.4. The number of nitrogens with zero attached hydrogens (tertiary/aromatic N) is 3. The third-order valence-electron chi connectivity index (χ3n) is 6.52. The zero-order valence-electron chi connectivity index (χ0n) is 22.4. The van der Waals surface area contributed by atoms with Crippen LogP contribution in [-0.2, 0) is 0 Å². The number of hydrogen-bond acceptors (Lipinski definition) is 6. The minimum Gasteiger partial charge on any atom is -0.496 e. The fraction of sp³-hybridized carbons (Fsp3) is 0.233. The molecule has 1 N–H and O–H groups in total. The predicted octanol–water partition coefficient (Wildman–Crippen LogP) is 6.49. The molecule has 0 aliphatic heterocycles. The van der Waals surface area contributed by atoms with E-state index >= 15 is 0 Å². The molecule has 0 saturated carbocycles. The van der Waals surface area contributed by atoms with Gasteiger partial charge in [0.15, 0.2) is 5.01 Å². The number of hydrogen-bond donors (Lipinski definition) is 1. The second-order valence-electron chi connectivity index (χ2n) is 9.52. The average molecular weight is 545 g/mol. The molecule has 0 fully saturated rings. The van der Waals surface area contributed by atoms with Gasteiger partial charge in [-0.1, -0.05) is 0 Å². The molecule has 0 bridgehead atoms. The highest BCUT2D eigenvalue weighted by Crippen LogP contribution is 2.33. The molecule has 1 amide bonds. The summed E-state index contributed by atoms with van der Waals surface area (Å²) in [6.45, 7) is 7.82. The van der Waals surface area contributed by atoms with Gasteiger partial charge >= 0.3 is 0 Å². The van der Waals surface area contributed by atoms with Crippen LogP contribution in [0.2, 0.25) is 0 Å². The molecule has 2 heterocycles. The number of nitrogens with one attached hydrogen (secondary N) is 1. The van der Waals surface area contributed by atoms with Crippen LogP contribution in [0.1, 0.15) is 44.4 Å². The molecule has 0 unspecified atom stereocenters. The summed E-state index contributed by atoms with van der Waals surface area (Å²) in [5.74, 6) is 0.907. The number of ether oxygens (including phenoxy) is 2. The quantitative estimate of drug-likeness (QED) is 0.242.